The van der Waals surface area contributed by atoms with Crippen molar-refractivity contribution in [3.05, 3.63) is 48.0 Å². The van der Waals surface area contributed by atoms with E-state index in [0.717, 1.165) is 30.6 Å². The zero-order valence-corrected chi connectivity index (χ0v) is 18.3. The van der Waals surface area contributed by atoms with E-state index in [1.54, 1.807) is 11.8 Å². The number of carbonyl (C=O) groups excluding carboxylic acids is 1. The number of fused-ring (bicyclic) bond motifs is 1. The van der Waals surface area contributed by atoms with E-state index in [9.17, 15) is 9.90 Å². The van der Waals surface area contributed by atoms with Crippen molar-refractivity contribution in [2.45, 2.75) is 37.5 Å². The van der Waals surface area contributed by atoms with Crippen molar-refractivity contribution in [2.75, 3.05) is 25.1 Å². The first-order valence-corrected chi connectivity index (χ1v) is 11.9. The van der Waals surface area contributed by atoms with E-state index >= 15 is 0 Å². The molecule has 2 aliphatic rings. The Morgan fingerprint density at radius 1 is 1.24 bits per heavy atom. The molecule has 5 nitrogen and oxygen atoms in total. The van der Waals surface area contributed by atoms with Gasteiger partial charge in [0, 0.05) is 32.5 Å². The number of amides is 1. The highest BCUT2D eigenvalue weighted by atomic mass is 32.2. The molecule has 0 bridgehead atoms. The molecule has 0 radical (unpaired) electrons. The van der Waals surface area contributed by atoms with Crippen LogP contribution in [-0.2, 0) is 11.3 Å². The van der Waals surface area contributed by atoms with E-state index in [4.69, 9.17) is 12.2 Å². The number of hydrogen-bond donors (Lipinski definition) is 2. The van der Waals surface area contributed by atoms with Gasteiger partial charge in [-0.05, 0) is 53.0 Å². The van der Waals surface area contributed by atoms with Gasteiger partial charge in [0.1, 0.15) is 0 Å². The molecule has 2 N–H and O–H groups in total. The quantitative estimate of drug-likeness (QED) is 0.710. The number of rotatable bonds is 5. The average Bonchev–Trinajstić information content (AvgIpc) is 2.98. The van der Waals surface area contributed by atoms with Gasteiger partial charge >= 0.3 is 0 Å². The lowest BCUT2D eigenvalue weighted by Crippen LogP contribution is -2.59. The van der Waals surface area contributed by atoms with Gasteiger partial charge in [0.25, 0.3) is 5.17 Å². The minimum atomic E-state index is -0.368. The summed E-state index contributed by atoms with van der Waals surface area (Å²) < 4.78 is 0. The summed E-state index contributed by atoms with van der Waals surface area (Å²) in [4.78, 5) is 17.2. The van der Waals surface area contributed by atoms with E-state index < -0.39 is 0 Å². The SMILES string of the molecule is CSCCC1NC2(CCN(C(O)=S)CC2)N(Cc2ccc3ccccc3c2)C1=O. The van der Waals surface area contributed by atoms with Crippen LogP contribution in [0.5, 0.6) is 0 Å². The fourth-order valence-electron chi connectivity index (χ4n) is 4.53. The van der Waals surface area contributed by atoms with Gasteiger partial charge in [-0.15, -0.1) is 0 Å². The zero-order chi connectivity index (χ0) is 20.4. The predicted octanol–water partition coefficient (Wildman–Crippen LogP) is 3.53. The van der Waals surface area contributed by atoms with E-state index in [-0.39, 0.29) is 22.8 Å². The molecule has 2 aromatic rings. The molecular weight excluding hydrogens is 402 g/mol. The van der Waals surface area contributed by atoms with Crippen LogP contribution in [0.15, 0.2) is 42.5 Å². The third-order valence-corrected chi connectivity index (χ3v) is 7.05. The summed E-state index contributed by atoms with van der Waals surface area (Å²) in [7, 11) is 0. The summed E-state index contributed by atoms with van der Waals surface area (Å²) in [5.74, 6) is 1.14. The number of carbonyl (C=O) groups is 1. The van der Waals surface area contributed by atoms with Crippen molar-refractivity contribution in [2.24, 2.45) is 0 Å². The minimum absolute atomic E-state index is 0.0517. The highest BCUT2D eigenvalue weighted by molar-refractivity contribution is 7.98. The lowest BCUT2D eigenvalue weighted by molar-refractivity contribution is -0.134. The van der Waals surface area contributed by atoms with E-state index in [2.05, 4.69) is 41.9 Å². The number of likely N-dealkylation sites (tertiary alicyclic amines) is 1. The molecular formula is C22H27N3O2S2. The number of nitrogens with one attached hydrogen (secondary N) is 1. The largest absolute Gasteiger partial charge is 0.487 e. The Labute approximate surface area is 181 Å². The van der Waals surface area contributed by atoms with Gasteiger partial charge < -0.3 is 14.9 Å². The third kappa shape index (κ3) is 4.09. The first-order chi connectivity index (χ1) is 14.0. The number of nitrogens with zero attached hydrogens (tertiary/aromatic N) is 2. The van der Waals surface area contributed by atoms with Gasteiger partial charge in [-0.2, -0.15) is 11.8 Å². The van der Waals surface area contributed by atoms with Crippen LogP contribution in [0.3, 0.4) is 0 Å². The molecule has 4 rings (SSSR count). The summed E-state index contributed by atoms with van der Waals surface area (Å²) in [6, 6.07) is 14.6. The third-order valence-electron chi connectivity index (χ3n) is 6.15. The molecule has 154 valence electrons. The second-order valence-electron chi connectivity index (χ2n) is 7.89. The summed E-state index contributed by atoms with van der Waals surface area (Å²) in [5.41, 5.74) is 0.774. The number of thiocarbonyl (C=S) groups is 1. The maximum atomic E-state index is 13.3. The normalized spacial score (nSPS) is 21.3. The lowest BCUT2D eigenvalue weighted by atomic mass is 9.95. The topological polar surface area (TPSA) is 55.8 Å². The predicted molar refractivity (Wildman–Crippen MR) is 123 cm³/mol. The van der Waals surface area contributed by atoms with Crippen molar-refractivity contribution < 1.29 is 9.90 Å². The first kappa shape index (κ1) is 20.4. The van der Waals surface area contributed by atoms with Crippen molar-refractivity contribution in [3.8, 4) is 0 Å². The summed E-state index contributed by atoms with van der Waals surface area (Å²) >= 11 is 6.71. The van der Waals surface area contributed by atoms with Crippen LogP contribution in [0.25, 0.3) is 10.8 Å². The molecule has 0 saturated carbocycles. The summed E-state index contributed by atoms with van der Waals surface area (Å²) in [6.45, 7) is 1.90. The minimum Gasteiger partial charge on any atom is -0.487 e. The van der Waals surface area contributed by atoms with E-state index in [1.165, 1.54) is 10.8 Å². The fraction of sp³-hybridized carbons (Fsp3) is 0.455. The standard InChI is InChI=1S/C22H27N3O2S2/c1-29-13-8-19-20(26)25(22(23-19)9-11-24(12-10-22)21(27)28)15-16-6-7-17-4-2-3-5-18(17)14-16/h2-7,14,19,23H,8-13,15H2,1H3,(H,27,28). The zero-order valence-electron chi connectivity index (χ0n) is 16.6. The van der Waals surface area contributed by atoms with E-state index in [0.29, 0.717) is 19.6 Å². The van der Waals surface area contributed by atoms with Crippen LogP contribution in [0, 0.1) is 0 Å². The molecule has 2 fully saturated rings. The molecule has 0 aromatic heterocycles. The molecule has 1 amide bonds. The van der Waals surface area contributed by atoms with Gasteiger partial charge in [-0.3, -0.25) is 10.1 Å². The molecule has 0 aliphatic carbocycles. The van der Waals surface area contributed by atoms with Crippen LogP contribution in [0.4, 0.5) is 0 Å². The molecule has 2 heterocycles. The van der Waals surface area contributed by atoms with Gasteiger partial charge in [-0.25, -0.2) is 0 Å². The second-order valence-corrected chi connectivity index (χ2v) is 9.24. The van der Waals surface area contributed by atoms with E-state index in [1.807, 2.05) is 21.9 Å². The van der Waals surface area contributed by atoms with Gasteiger partial charge in [-0.1, -0.05) is 36.4 Å². The van der Waals surface area contributed by atoms with Crippen molar-refractivity contribution in [3.63, 3.8) is 0 Å². The molecule has 2 aromatic carbocycles. The van der Waals surface area contributed by atoms with Crippen molar-refractivity contribution >= 4 is 45.8 Å². The van der Waals surface area contributed by atoms with Crippen molar-refractivity contribution in [1.82, 2.24) is 15.1 Å². The Kier molecular flexibility index (Phi) is 5.99. The molecule has 29 heavy (non-hydrogen) atoms. The van der Waals surface area contributed by atoms with Crippen LogP contribution >= 0.6 is 24.0 Å². The molecule has 1 atom stereocenters. The van der Waals surface area contributed by atoms with Crippen LogP contribution < -0.4 is 5.32 Å². The molecule has 2 aliphatic heterocycles. The Bertz CT molecular complexity index is 912. The average molecular weight is 430 g/mol. The Morgan fingerprint density at radius 2 is 1.97 bits per heavy atom. The van der Waals surface area contributed by atoms with Gasteiger partial charge in [0.15, 0.2) is 0 Å². The highest BCUT2D eigenvalue weighted by Gasteiger charge is 2.51. The van der Waals surface area contributed by atoms with Gasteiger partial charge in [0.05, 0.1) is 11.7 Å². The highest BCUT2D eigenvalue weighted by Crippen LogP contribution is 2.35. The lowest BCUT2D eigenvalue weighted by Gasteiger charge is -2.44. The number of hydrogen-bond acceptors (Lipinski definition) is 4. The summed E-state index contributed by atoms with van der Waals surface area (Å²) in [6.07, 6.45) is 4.41. The second kappa shape index (κ2) is 8.50. The smallest absolute Gasteiger partial charge is 0.256 e. The Morgan fingerprint density at radius 3 is 2.66 bits per heavy atom. The maximum Gasteiger partial charge on any atom is 0.256 e. The molecule has 7 heteroatoms. The molecule has 1 spiro atoms. The van der Waals surface area contributed by atoms with Crippen molar-refractivity contribution in [1.29, 1.82) is 0 Å². The monoisotopic (exact) mass is 429 g/mol. The first-order valence-electron chi connectivity index (χ1n) is 10.1. The Hall–Kier alpha value is -1.83. The maximum absolute atomic E-state index is 13.3. The van der Waals surface area contributed by atoms with Crippen LogP contribution in [0.1, 0.15) is 24.8 Å². The number of aliphatic hydroxyl groups excluding tert-OH is 1. The van der Waals surface area contributed by atoms with Crippen LogP contribution in [0.2, 0.25) is 0 Å². The van der Waals surface area contributed by atoms with Crippen LogP contribution in [-0.4, -0.2) is 62.8 Å². The fourth-order valence-corrected chi connectivity index (χ4v) is 5.18. The van der Waals surface area contributed by atoms with Gasteiger partial charge in [0.2, 0.25) is 5.91 Å². The summed E-state index contributed by atoms with van der Waals surface area (Å²) in [5, 5.41) is 15.7. The molecule has 2 saturated heterocycles. The number of thioether (sulfide) groups is 1. The number of benzene rings is 2. The Balaban J connectivity index is 1.59. The number of aliphatic hydroxyl groups is 1. The number of piperidine rings is 1. The molecule has 1 unspecified atom stereocenters.